The van der Waals surface area contributed by atoms with Crippen molar-refractivity contribution in [3.8, 4) is 61.7 Å². The summed E-state index contributed by atoms with van der Waals surface area (Å²) in [6.45, 7) is 12.4. The first-order valence-corrected chi connectivity index (χ1v) is 28.1. The lowest BCUT2D eigenvalue weighted by Crippen LogP contribution is -2.28. The average molecular weight is 1050 g/mol. The van der Waals surface area contributed by atoms with Crippen LogP contribution in [-0.4, -0.2) is 4.57 Å². The molecule has 1 aliphatic carbocycles. The molecule has 0 aliphatic heterocycles. The fourth-order valence-electron chi connectivity index (χ4n) is 12.7. The first-order valence-electron chi connectivity index (χ1n) is 28.1. The Balaban J connectivity index is 0.932. The fraction of sp³-hybridized carbons (Fsp3) is 0.0380. The molecule has 82 heavy (non-hydrogen) atoms. The monoisotopic (exact) mass is 1050 g/mol. The van der Waals surface area contributed by atoms with Gasteiger partial charge in [0.1, 0.15) is 11.5 Å². The van der Waals surface area contributed by atoms with Gasteiger partial charge in [-0.3, -0.25) is 0 Å². The van der Waals surface area contributed by atoms with Crippen molar-refractivity contribution in [1.29, 1.82) is 0 Å². The third-order valence-corrected chi connectivity index (χ3v) is 16.7. The highest BCUT2D eigenvalue weighted by molar-refractivity contribution is 6.12. The summed E-state index contributed by atoms with van der Waals surface area (Å²) in [5.74, 6) is 1.55. The molecule has 0 radical (unpaired) electrons. The number of hydrogen-bond donors (Lipinski definition) is 0. The van der Waals surface area contributed by atoms with Crippen molar-refractivity contribution < 1.29 is 4.74 Å². The minimum atomic E-state index is -0.654. The summed E-state index contributed by atoms with van der Waals surface area (Å²) in [4.78, 5) is 2.48. The lowest BCUT2D eigenvalue weighted by atomic mass is 9.67. The van der Waals surface area contributed by atoms with Crippen molar-refractivity contribution in [1.82, 2.24) is 4.57 Å². The Bertz CT molecular complexity index is 4560. The molecular formula is C79H58N2O. The van der Waals surface area contributed by atoms with Crippen LogP contribution in [0.15, 0.2) is 292 Å². The van der Waals surface area contributed by atoms with E-state index < -0.39 is 5.41 Å². The molecule has 0 amide bonds. The maximum atomic E-state index is 6.46. The molecule has 0 N–H and O–H groups in total. The van der Waals surface area contributed by atoms with Crippen molar-refractivity contribution >= 4 is 51.0 Å². The summed E-state index contributed by atoms with van der Waals surface area (Å²) in [7, 11) is 0. The number of ether oxygens (including phenoxy) is 1. The van der Waals surface area contributed by atoms with Crippen LogP contribution in [0, 0.1) is 13.8 Å². The molecule has 14 rings (SSSR count). The summed E-state index contributed by atoms with van der Waals surface area (Å²) in [5.41, 5.74) is 24.9. The minimum absolute atomic E-state index is 0.654. The third kappa shape index (κ3) is 8.54. The van der Waals surface area contributed by atoms with Crippen molar-refractivity contribution in [2.24, 2.45) is 0 Å². The number of benzene rings is 12. The van der Waals surface area contributed by atoms with E-state index in [9.17, 15) is 0 Å². The Morgan fingerprint density at radius 1 is 0.378 bits per heavy atom. The zero-order chi connectivity index (χ0) is 55.3. The van der Waals surface area contributed by atoms with Crippen LogP contribution in [0.5, 0.6) is 11.5 Å². The molecular weight excluding hydrogens is 993 g/mol. The maximum Gasteiger partial charge on any atom is 0.127 e. The molecule has 3 heteroatoms. The van der Waals surface area contributed by atoms with E-state index in [1.165, 1.54) is 83.0 Å². The van der Waals surface area contributed by atoms with Gasteiger partial charge in [-0.2, -0.15) is 0 Å². The average Bonchev–Trinajstić information content (AvgIpc) is 2.35. The second-order valence-corrected chi connectivity index (χ2v) is 21.5. The van der Waals surface area contributed by atoms with Gasteiger partial charge in [0.25, 0.3) is 0 Å². The van der Waals surface area contributed by atoms with Gasteiger partial charge in [0.15, 0.2) is 0 Å². The highest BCUT2D eigenvalue weighted by Crippen LogP contribution is 2.58. The molecule has 390 valence electrons. The van der Waals surface area contributed by atoms with Gasteiger partial charge in [0, 0.05) is 33.5 Å². The number of aryl methyl sites for hydroxylation is 2. The standard InChI is InChI=1S/C79H58N2O/c1-5-55-29-33-58(34-30-55)60-35-45-76-72(50-60)73-51-61(36-46-77(73)81(76)64-24-14-9-15-25-64)71-47-54(4)78(48-53(71)3)80(65-26-18-21-59(49-65)57-19-10-7-11-20-57)66-39-44-70-69-27-16-17-28-74(69)79(75(70)52-66,62-22-12-8-13-23-62)63-37-42-68(43-38-63)82-67-40-31-56(6-2)32-41-67/h5-52H,1-2H2,3-4H3. The summed E-state index contributed by atoms with van der Waals surface area (Å²) >= 11 is 0. The van der Waals surface area contributed by atoms with E-state index in [-0.39, 0.29) is 0 Å². The van der Waals surface area contributed by atoms with Gasteiger partial charge in [-0.25, -0.2) is 0 Å². The molecule has 1 aliphatic rings. The van der Waals surface area contributed by atoms with Gasteiger partial charge in [-0.05, 0) is 200 Å². The number of aromatic nitrogens is 1. The Morgan fingerprint density at radius 3 is 1.60 bits per heavy atom. The van der Waals surface area contributed by atoms with Gasteiger partial charge >= 0.3 is 0 Å². The molecule has 0 saturated carbocycles. The molecule has 1 aromatic heterocycles. The third-order valence-electron chi connectivity index (χ3n) is 16.7. The van der Waals surface area contributed by atoms with Crippen LogP contribution in [0.4, 0.5) is 17.1 Å². The van der Waals surface area contributed by atoms with Crippen molar-refractivity contribution in [2.75, 3.05) is 4.90 Å². The van der Waals surface area contributed by atoms with Crippen molar-refractivity contribution in [3.05, 3.63) is 337 Å². The molecule has 0 fully saturated rings. The van der Waals surface area contributed by atoms with Gasteiger partial charge < -0.3 is 14.2 Å². The normalized spacial score (nSPS) is 13.4. The Morgan fingerprint density at radius 2 is 0.902 bits per heavy atom. The van der Waals surface area contributed by atoms with E-state index in [0.717, 1.165) is 62.1 Å². The Kier molecular flexibility index (Phi) is 12.5. The van der Waals surface area contributed by atoms with Crippen LogP contribution in [0.25, 0.3) is 84.2 Å². The predicted octanol–water partition coefficient (Wildman–Crippen LogP) is 21.3. The molecule has 1 unspecified atom stereocenters. The minimum Gasteiger partial charge on any atom is -0.457 e. The van der Waals surface area contributed by atoms with E-state index in [1.807, 2.05) is 36.4 Å². The van der Waals surface area contributed by atoms with Crippen LogP contribution in [0.2, 0.25) is 0 Å². The van der Waals surface area contributed by atoms with Gasteiger partial charge in [0.05, 0.1) is 16.4 Å². The predicted molar refractivity (Wildman–Crippen MR) is 345 cm³/mol. The van der Waals surface area contributed by atoms with E-state index >= 15 is 0 Å². The lowest BCUT2D eigenvalue weighted by molar-refractivity contribution is 0.482. The van der Waals surface area contributed by atoms with Crippen LogP contribution < -0.4 is 9.64 Å². The second-order valence-electron chi connectivity index (χ2n) is 21.5. The largest absolute Gasteiger partial charge is 0.457 e. The molecule has 1 heterocycles. The Labute approximate surface area is 480 Å². The number of rotatable bonds is 13. The SMILES string of the molecule is C=Cc1ccc(Oc2ccc(C3(c4ccccc4)c4ccccc4-c4ccc(N(c5cccc(-c6ccccc6)c5)c5cc(C)c(-c6ccc7c(c6)c6cc(-c8ccc(C=C)cc8)ccc6n7-c6ccccc6)cc5C)cc43)cc2)cc1. The topological polar surface area (TPSA) is 17.4 Å². The summed E-state index contributed by atoms with van der Waals surface area (Å²) < 4.78 is 8.86. The second kappa shape index (κ2) is 20.6. The highest BCUT2D eigenvalue weighted by atomic mass is 16.5. The van der Waals surface area contributed by atoms with Crippen molar-refractivity contribution in [3.63, 3.8) is 0 Å². The smallest absolute Gasteiger partial charge is 0.127 e. The van der Waals surface area contributed by atoms with Crippen LogP contribution >= 0.6 is 0 Å². The number of anilines is 3. The Hall–Kier alpha value is -10.5. The molecule has 0 saturated heterocycles. The first-order chi connectivity index (χ1) is 40.4. The molecule has 12 aromatic carbocycles. The highest BCUT2D eigenvalue weighted by Gasteiger charge is 2.46. The lowest BCUT2D eigenvalue weighted by Gasteiger charge is -2.35. The number of hydrogen-bond acceptors (Lipinski definition) is 2. The molecule has 0 spiro atoms. The maximum absolute atomic E-state index is 6.46. The van der Waals surface area contributed by atoms with Gasteiger partial charge in [-0.15, -0.1) is 0 Å². The summed E-state index contributed by atoms with van der Waals surface area (Å²) in [6.07, 6.45) is 3.74. The summed E-state index contributed by atoms with van der Waals surface area (Å²) in [6, 6.07) is 102. The number of para-hydroxylation sites is 1. The van der Waals surface area contributed by atoms with E-state index in [1.54, 1.807) is 0 Å². The zero-order valence-electron chi connectivity index (χ0n) is 45.9. The van der Waals surface area contributed by atoms with E-state index in [4.69, 9.17) is 4.74 Å². The van der Waals surface area contributed by atoms with E-state index in [2.05, 4.69) is 291 Å². The fourth-order valence-corrected chi connectivity index (χ4v) is 12.7. The number of nitrogens with zero attached hydrogens (tertiary/aromatic N) is 2. The first kappa shape index (κ1) is 49.8. The number of fused-ring (bicyclic) bond motifs is 6. The summed E-state index contributed by atoms with van der Waals surface area (Å²) in [5, 5.41) is 2.42. The zero-order valence-corrected chi connectivity index (χ0v) is 45.9. The van der Waals surface area contributed by atoms with E-state index in [0.29, 0.717) is 0 Å². The van der Waals surface area contributed by atoms with Crippen LogP contribution in [-0.2, 0) is 5.41 Å². The van der Waals surface area contributed by atoms with Crippen LogP contribution in [0.1, 0.15) is 44.5 Å². The quantitative estimate of drug-likeness (QED) is 0.114. The molecule has 1 atom stereocenters. The molecule has 3 nitrogen and oxygen atoms in total. The molecule has 13 aromatic rings. The van der Waals surface area contributed by atoms with Crippen LogP contribution in [0.3, 0.4) is 0 Å². The van der Waals surface area contributed by atoms with Gasteiger partial charge in [0.2, 0.25) is 0 Å². The molecule has 0 bridgehead atoms. The van der Waals surface area contributed by atoms with Gasteiger partial charge in [-0.1, -0.05) is 207 Å². The van der Waals surface area contributed by atoms with Crippen molar-refractivity contribution in [2.45, 2.75) is 19.3 Å².